The number of aliphatic hydroxyl groups excluding tert-OH is 1. The molecule has 2 rings (SSSR count). The maximum atomic E-state index is 8.96. The molecule has 5 nitrogen and oxygen atoms in total. The van der Waals surface area contributed by atoms with Crippen LogP contribution in [0.4, 0.5) is 0 Å². The molecule has 1 unspecified atom stereocenters. The summed E-state index contributed by atoms with van der Waals surface area (Å²) >= 11 is 0. The van der Waals surface area contributed by atoms with Gasteiger partial charge in [0.25, 0.3) is 0 Å². The molecule has 1 N–H and O–H groups in total. The average Bonchev–Trinajstić information content (AvgIpc) is 2.89. The second-order valence-corrected chi connectivity index (χ2v) is 5.27. The first-order chi connectivity index (χ1) is 8.19. The Morgan fingerprint density at radius 1 is 1.53 bits per heavy atom. The molecule has 0 spiro atoms. The Morgan fingerprint density at radius 3 is 3.00 bits per heavy atom. The molecule has 0 bridgehead atoms. The van der Waals surface area contributed by atoms with Crippen LogP contribution in [-0.2, 0) is 13.2 Å². The summed E-state index contributed by atoms with van der Waals surface area (Å²) in [4.78, 5) is 2.55. The van der Waals surface area contributed by atoms with Gasteiger partial charge in [0, 0.05) is 12.6 Å². The summed E-state index contributed by atoms with van der Waals surface area (Å²) < 4.78 is 1.86. The molecule has 96 valence electrons. The highest BCUT2D eigenvalue weighted by Crippen LogP contribution is 2.19. The minimum Gasteiger partial charge on any atom is -0.390 e. The summed E-state index contributed by atoms with van der Waals surface area (Å²) in [6, 6.07) is 0.575. The fourth-order valence-corrected chi connectivity index (χ4v) is 2.53. The van der Waals surface area contributed by atoms with Crippen LogP contribution in [0.15, 0.2) is 6.20 Å². The van der Waals surface area contributed by atoms with Crippen LogP contribution in [0, 0.1) is 5.92 Å². The van der Waals surface area contributed by atoms with Gasteiger partial charge >= 0.3 is 0 Å². The largest absolute Gasteiger partial charge is 0.390 e. The Labute approximate surface area is 102 Å². The molecule has 5 heteroatoms. The van der Waals surface area contributed by atoms with Gasteiger partial charge in [-0.25, -0.2) is 0 Å². The molecule has 0 amide bonds. The number of rotatable bonds is 5. The second-order valence-electron chi connectivity index (χ2n) is 5.27. The van der Waals surface area contributed by atoms with E-state index in [4.69, 9.17) is 5.11 Å². The Balaban J connectivity index is 1.92. The third-order valence-corrected chi connectivity index (χ3v) is 3.24. The molecule has 0 saturated carbocycles. The van der Waals surface area contributed by atoms with Crippen molar-refractivity contribution in [2.24, 2.45) is 5.92 Å². The van der Waals surface area contributed by atoms with Crippen molar-refractivity contribution in [3.63, 3.8) is 0 Å². The first-order valence-electron chi connectivity index (χ1n) is 6.43. The van der Waals surface area contributed by atoms with Gasteiger partial charge in [-0.3, -0.25) is 9.58 Å². The molecule has 2 heterocycles. The minimum absolute atomic E-state index is 0.0274. The second kappa shape index (κ2) is 5.60. The number of hydrogen-bond acceptors (Lipinski definition) is 4. The Morgan fingerprint density at radius 2 is 2.35 bits per heavy atom. The Hall–Kier alpha value is -0.940. The van der Waals surface area contributed by atoms with E-state index in [-0.39, 0.29) is 6.61 Å². The SMILES string of the molecule is CC(C)CN1CCCC1Cn1cc(CO)nn1. The lowest BCUT2D eigenvalue weighted by Gasteiger charge is -2.25. The van der Waals surface area contributed by atoms with Gasteiger partial charge in [0.15, 0.2) is 0 Å². The van der Waals surface area contributed by atoms with E-state index in [9.17, 15) is 0 Å². The third-order valence-electron chi connectivity index (χ3n) is 3.24. The van der Waals surface area contributed by atoms with Crippen molar-refractivity contribution in [1.82, 2.24) is 19.9 Å². The van der Waals surface area contributed by atoms with Gasteiger partial charge in [-0.2, -0.15) is 0 Å². The van der Waals surface area contributed by atoms with Crippen LogP contribution in [0.25, 0.3) is 0 Å². The van der Waals surface area contributed by atoms with E-state index in [0.29, 0.717) is 17.7 Å². The van der Waals surface area contributed by atoms with Crippen molar-refractivity contribution in [3.8, 4) is 0 Å². The van der Waals surface area contributed by atoms with Crippen molar-refractivity contribution in [3.05, 3.63) is 11.9 Å². The van der Waals surface area contributed by atoms with E-state index in [1.165, 1.54) is 19.4 Å². The quantitative estimate of drug-likeness (QED) is 0.828. The molecule has 0 aromatic carbocycles. The summed E-state index contributed by atoms with van der Waals surface area (Å²) in [6.45, 7) is 7.74. The number of hydrogen-bond donors (Lipinski definition) is 1. The maximum Gasteiger partial charge on any atom is 0.108 e. The summed E-state index contributed by atoms with van der Waals surface area (Å²) in [5, 5.41) is 16.9. The summed E-state index contributed by atoms with van der Waals surface area (Å²) in [5.74, 6) is 0.708. The van der Waals surface area contributed by atoms with Crippen LogP contribution >= 0.6 is 0 Å². The lowest BCUT2D eigenvalue weighted by molar-refractivity contribution is 0.203. The predicted molar refractivity (Wildman–Crippen MR) is 65.4 cm³/mol. The summed E-state index contributed by atoms with van der Waals surface area (Å²) in [5.41, 5.74) is 0.651. The van der Waals surface area contributed by atoms with Crippen molar-refractivity contribution < 1.29 is 5.11 Å². The number of likely N-dealkylation sites (tertiary alicyclic amines) is 1. The van der Waals surface area contributed by atoms with Gasteiger partial charge in [-0.05, 0) is 25.3 Å². The van der Waals surface area contributed by atoms with Gasteiger partial charge < -0.3 is 5.11 Å². The molecule has 1 aliphatic rings. The van der Waals surface area contributed by atoms with Crippen LogP contribution in [0.1, 0.15) is 32.4 Å². The zero-order valence-corrected chi connectivity index (χ0v) is 10.7. The van der Waals surface area contributed by atoms with E-state index in [2.05, 4.69) is 29.1 Å². The van der Waals surface area contributed by atoms with Crippen molar-refractivity contribution >= 4 is 0 Å². The van der Waals surface area contributed by atoms with Gasteiger partial charge in [0.05, 0.1) is 19.3 Å². The smallest absolute Gasteiger partial charge is 0.108 e. The Kier molecular flexibility index (Phi) is 4.12. The standard InChI is InChI=1S/C12H22N4O/c1-10(2)6-15-5-3-4-12(15)8-16-7-11(9-17)13-14-16/h7,10,12,17H,3-6,8-9H2,1-2H3. The van der Waals surface area contributed by atoms with Gasteiger partial charge in [0.2, 0.25) is 0 Å². The predicted octanol–water partition coefficient (Wildman–Crippen LogP) is 0.891. The molecule has 1 saturated heterocycles. The topological polar surface area (TPSA) is 54.2 Å². The van der Waals surface area contributed by atoms with Crippen LogP contribution < -0.4 is 0 Å². The molecular formula is C12H22N4O. The summed E-state index contributed by atoms with van der Waals surface area (Å²) in [7, 11) is 0. The lowest BCUT2D eigenvalue weighted by Crippen LogP contribution is -2.35. The van der Waals surface area contributed by atoms with Gasteiger partial charge in [-0.15, -0.1) is 5.10 Å². The van der Waals surface area contributed by atoms with Crippen molar-refractivity contribution in [1.29, 1.82) is 0 Å². The monoisotopic (exact) mass is 238 g/mol. The average molecular weight is 238 g/mol. The van der Waals surface area contributed by atoms with Crippen molar-refractivity contribution in [2.75, 3.05) is 13.1 Å². The van der Waals surface area contributed by atoms with E-state index >= 15 is 0 Å². The fourth-order valence-electron chi connectivity index (χ4n) is 2.53. The fraction of sp³-hybridized carbons (Fsp3) is 0.833. The molecule has 0 radical (unpaired) electrons. The lowest BCUT2D eigenvalue weighted by atomic mass is 10.1. The van der Waals surface area contributed by atoms with Gasteiger partial charge in [-0.1, -0.05) is 19.1 Å². The molecule has 0 aliphatic carbocycles. The van der Waals surface area contributed by atoms with Crippen LogP contribution in [0.2, 0.25) is 0 Å². The molecule has 1 aromatic rings. The molecular weight excluding hydrogens is 216 g/mol. The van der Waals surface area contributed by atoms with Crippen LogP contribution in [0.3, 0.4) is 0 Å². The van der Waals surface area contributed by atoms with E-state index in [1.807, 2.05) is 10.9 Å². The molecule has 1 aliphatic heterocycles. The highest BCUT2D eigenvalue weighted by Gasteiger charge is 2.25. The normalized spacial score (nSPS) is 21.5. The van der Waals surface area contributed by atoms with E-state index in [0.717, 1.165) is 13.1 Å². The minimum atomic E-state index is -0.0274. The number of aromatic nitrogens is 3. The van der Waals surface area contributed by atoms with Crippen LogP contribution in [0.5, 0.6) is 0 Å². The summed E-state index contributed by atoms with van der Waals surface area (Å²) in [6.07, 6.45) is 4.35. The molecule has 17 heavy (non-hydrogen) atoms. The zero-order valence-electron chi connectivity index (χ0n) is 10.7. The molecule has 1 aromatic heterocycles. The first-order valence-corrected chi connectivity index (χ1v) is 6.43. The highest BCUT2D eigenvalue weighted by atomic mass is 16.3. The van der Waals surface area contributed by atoms with E-state index in [1.54, 1.807) is 0 Å². The molecule has 1 fully saturated rings. The van der Waals surface area contributed by atoms with Crippen LogP contribution in [-0.4, -0.2) is 44.1 Å². The Bertz CT molecular complexity index is 350. The first kappa shape index (κ1) is 12.5. The number of aliphatic hydroxyl groups is 1. The number of nitrogens with zero attached hydrogens (tertiary/aromatic N) is 4. The highest BCUT2D eigenvalue weighted by molar-refractivity contribution is 4.90. The van der Waals surface area contributed by atoms with Gasteiger partial charge in [0.1, 0.15) is 5.69 Å². The van der Waals surface area contributed by atoms with Crippen molar-refractivity contribution in [2.45, 2.75) is 45.9 Å². The molecule has 1 atom stereocenters. The maximum absolute atomic E-state index is 8.96. The zero-order chi connectivity index (χ0) is 12.3. The third kappa shape index (κ3) is 3.26. The van der Waals surface area contributed by atoms with E-state index < -0.39 is 0 Å².